The number of rotatable bonds is 5. The van der Waals surface area contributed by atoms with Crippen LogP contribution >= 0.6 is 0 Å². The van der Waals surface area contributed by atoms with Gasteiger partial charge in [-0.15, -0.1) is 0 Å². The Kier molecular flexibility index (Phi) is 5.74. The molecule has 7 heteroatoms. The second-order valence-corrected chi connectivity index (χ2v) is 3.93. The number of guanidine groups is 1. The SMILES string of the molecule is CCCN=C(N)N/N=C/c1c(CO)cnc(C)c1O. The maximum Gasteiger partial charge on any atom is 0.209 e. The zero-order valence-corrected chi connectivity index (χ0v) is 11.1. The van der Waals surface area contributed by atoms with Crippen molar-refractivity contribution in [3.05, 3.63) is 23.0 Å². The molecule has 1 heterocycles. The van der Waals surface area contributed by atoms with Crippen molar-refractivity contribution < 1.29 is 10.2 Å². The molecule has 0 saturated heterocycles. The normalized spacial score (nSPS) is 12.1. The fourth-order valence-electron chi connectivity index (χ4n) is 1.35. The molecule has 0 amide bonds. The maximum absolute atomic E-state index is 9.86. The summed E-state index contributed by atoms with van der Waals surface area (Å²) < 4.78 is 0. The monoisotopic (exact) mass is 265 g/mol. The quantitative estimate of drug-likeness (QED) is 0.345. The molecule has 1 aromatic heterocycles. The van der Waals surface area contributed by atoms with E-state index in [1.807, 2.05) is 6.92 Å². The average Bonchev–Trinajstić information content (AvgIpc) is 2.41. The lowest BCUT2D eigenvalue weighted by molar-refractivity contribution is 0.280. The van der Waals surface area contributed by atoms with Crippen molar-refractivity contribution in [3.8, 4) is 5.75 Å². The molecule has 0 bridgehead atoms. The van der Waals surface area contributed by atoms with E-state index in [0.717, 1.165) is 6.42 Å². The van der Waals surface area contributed by atoms with Gasteiger partial charge < -0.3 is 15.9 Å². The van der Waals surface area contributed by atoms with E-state index in [9.17, 15) is 10.2 Å². The minimum Gasteiger partial charge on any atom is -0.505 e. The van der Waals surface area contributed by atoms with E-state index in [4.69, 9.17) is 5.73 Å². The van der Waals surface area contributed by atoms with Crippen LogP contribution in [0.4, 0.5) is 0 Å². The first-order chi connectivity index (χ1) is 9.10. The molecule has 0 spiro atoms. The fourth-order valence-corrected chi connectivity index (χ4v) is 1.35. The van der Waals surface area contributed by atoms with Crippen molar-refractivity contribution in [3.63, 3.8) is 0 Å². The Bertz CT molecular complexity index is 485. The highest BCUT2D eigenvalue weighted by Crippen LogP contribution is 2.21. The van der Waals surface area contributed by atoms with E-state index in [-0.39, 0.29) is 18.3 Å². The number of aryl methyl sites for hydroxylation is 1. The topological polar surface area (TPSA) is 116 Å². The predicted octanol–water partition coefficient (Wildman–Crippen LogP) is 0.236. The highest BCUT2D eigenvalue weighted by atomic mass is 16.3. The number of aliphatic hydroxyl groups excluding tert-OH is 1. The van der Waals surface area contributed by atoms with Crippen LogP contribution in [-0.4, -0.2) is 33.9 Å². The summed E-state index contributed by atoms with van der Waals surface area (Å²) in [5.74, 6) is 0.190. The highest BCUT2D eigenvalue weighted by Gasteiger charge is 2.09. The van der Waals surface area contributed by atoms with Crippen LogP contribution in [0, 0.1) is 6.92 Å². The number of aromatic hydroxyl groups is 1. The fraction of sp³-hybridized carbons (Fsp3) is 0.417. The van der Waals surface area contributed by atoms with Crippen LogP contribution in [0.1, 0.15) is 30.2 Å². The summed E-state index contributed by atoms with van der Waals surface area (Å²) >= 11 is 0. The van der Waals surface area contributed by atoms with Crippen molar-refractivity contribution in [1.29, 1.82) is 0 Å². The first-order valence-corrected chi connectivity index (χ1v) is 5.97. The summed E-state index contributed by atoms with van der Waals surface area (Å²) in [5, 5.41) is 22.9. The summed E-state index contributed by atoms with van der Waals surface area (Å²) in [6.45, 7) is 4.04. The van der Waals surface area contributed by atoms with Gasteiger partial charge in [-0.05, 0) is 13.3 Å². The molecule has 0 aliphatic carbocycles. The summed E-state index contributed by atoms with van der Waals surface area (Å²) in [5.41, 5.74) is 9.47. The Morgan fingerprint density at radius 2 is 2.32 bits per heavy atom. The predicted molar refractivity (Wildman–Crippen MR) is 74.1 cm³/mol. The number of hydrogen-bond donors (Lipinski definition) is 4. The van der Waals surface area contributed by atoms with Crippen molar-refractivity contribution in [2.24, 2.45) is 15.8 Å². The third kappa shape index (κ3) is 4.22. The Balaban J connectivity index is 2.84. The van der Waals surface area contributed by atoms with Crippen molar-refractivity contribution in [1.82, 2.24) is 10.4 Å². The standard InChI is InChI=1S/C12H19N5O2/c1-3-4-14-12(13)17-16-6-10-9(7-18)5-15-8(2)11(10)19/h5-6,18-19H,3-4,7H2,1-2H3,(H3,13,14,17)/b16-6+. The van der Waals surface area contributed by atoms with Gasteiger partial charge in [0.15, 0.2) is 0 Å². The summed E-state index contributed by atoms with van der Waals surface area (Å²) in [4.78, 5) is 7.96. The van der Waals surface area contributed by atoms with Crippen LogP contribution in [0.25, 0.3) is 0 Å². The number of aromatic nitrogens is 1. The van der Waals surface area contributed by atoms with Gasteiger partial charge >= 0.3 is 0 Å². The first kappa shape index (κ1) is 14.9. The third-order valence-corrected chi connectivity index (χ3v) is 2.41. The zero-order valence-electron chi connectivity index (χ0n) is 11.1. The summed E-state index contributed by atoms with van der Waals surface area (Å²) in [7, 11) is 0. The number of nitrogens with two attached hydrogens (primary N) is 1. The molecule has 19 heavy (non-hydrogen) atoms. The summed E-state index contributed by atoms with van der Waals surface area (Å²) in [6.07, 6.45) is 3.76. The van der Waals surface area contributed by atoms with Crippen LogP contribution in [0.15, 0.2) is 16.3 Å². The lowest BCUT2D eigenvalue weighted by Gasteiger charge is -2.07. The third-order valence-electron chi connectivity index (χ3n) is 2.41. The molecular formula is C12H19N5O2. The van der Waals surface area contributed by atoms with Crippen LogP contribution in [0.3, 0.4) is 0 Å². The molecule has 0 unspecified atom stereocenters. The van der Waals surface area contributed by atoms with Gasteiger partial charge in [-0.25, -0.2) is 5.43 Å². The maximum atomic E-state index is 9.86. The number of pyridine rings is 1. The highest BCUT2D eigenvalue weighted by molar-refractivity contribution is 5.87. The number of aliphatic imine (C=N–C) groups is 1. The van der Waals surface area contributed by atoms with E-state index >= 15 is 0 Å². The molecule has 0 fully saturated rings. The van der Waals surface area contributed by atoms with Crippen LogP contribution in [-0.2, 0) is 6.61 Å². The molecule has 1 rings (SSSR count). The number of hydrazone groups is 1. The minimum atomic E-state index is -0.235. The molecule has 0 saturated carbocycles. The minimum absolute atomic E-state index is 0.0128. The lowest BCUT2D eigenvalue weighted by atomic mass is 10.1. The van der Waals surface area contributed by atoms with E-state index < -0.39 is 0 Å². The van der Waals surface area contributed by atoms with Gasteiger partial charge in [-0.2, -0.15) is 5.10 Å². The van der Waals surface area contributed by atoms with E-state index in [2.05, 4.69) is 20.5 Å². The Morgan fingerprint density at radius 1 is 1.58 bits per heavy atom. The molecular weight excluding hydrogens is 246 g/mol. The van der Waals surface area contributed by atoms with Gasteiger partial charge in [0, 0.05) is 23.9 Å². The molecule has 0 aromatic carbocycles. The molecule has 0 aliphatic heterocycles. The van der Waals surface area contributed by atoms with Gasteiger partial charge in [0.1, 0.15) is 5.75 Å². The zero-order chi connectivity index (χ0) is 14.3. The van der Waals surface area contributed by atoms with Gasteiger partial charge in [0.2, 0.25) is 5.96 Å². The van der Waals surface area contributed by atoms with Gasteiger partial charge in [-0.1, -0.05) is 6.92 Å². The number of hydrogen-bond acceptors (Lipinski definition) is 5. The Hall–Kier alpha value is -2.15. The smallest absolute Gasteiger partial charge is 0.209 e. The van der Waals surface area contributed by atoms with Crippen molar-refractivity contribution >= 4 is 12.2 Å². The Labute approximate surface area is 111 Å². The van der Waals surface area contributed by atoms with Gasteiger partial charge in [0.25, 0.3) is 0 Å². The molecule has 0 atom stereocenters. The average molecular weight is 265 g/mol. The van der Waals surface area contributed by atoms with Crippen LogP contribution in [0.2, 0.25) is 0 Å². The van der Waals surface area contributed by atoms with Crippen molar-refractivity contribution in [2.75, 3.05) is 6.54 Å². The Morgan fingerprint density at radius 3 is 2.95 bits per heavy atom. The van der Waals surface area contributed by atoms with Crippen LogP contribution in [0.5, 0.6) is 5.75 Å². The molecule has 5 N–H and O–H groups in total. The van der Waals surface area contributed by atoms with E-state index in [0.29, 0.717) is 23.4 Å². The van der Waals surface area contributed by atoms with Crippen molar-refractivity contribution in [2.45, 2.75) is 26.9 Å². The number of aliphatic hydroxyl groups is 1. The van der Waals surface area contributed by atoms with Gasteiger partial charge in [0.05, 0.1) is 18.5 Å². The van der Waals surface area contributed by atoms with Crippen LogP contribution < -0.4 is 11.2 Å². The second kappa shape index (κ2) is 7.32. The first-order valence-electron chi connectivity index (χ1n) is 5.97. The van der Waals surface area contributed by atoms with E-state index in [1.165, 1.54) is 12.4 Å². The second-order valence-electron chi connectivity index (χ2n) is 3.93. The molecule has 0 aliphatic rings. The molecule has 1 aromatic rings. The number of nitrogens with one attached hydrogen (secondary N) is 1. The summed E-state index contributed by atoms with van der Waals surface area (Å²) in [6, 6.07) is 0. The molecule has 104 valence electrons. The largest absolute Gasteiger partial charge is 0.505 e. The lowest BCUT2D eigenvalue weighted by Crippen LogP contribution is -2.27. The number of nitrogens with zero attached hydrogens (tertiary/aromatic N) is 3. The van der Waals surface area contributed by atoms with E-state index in [1.54, 1.807) is 6.92 Å². The molecule has 0 radical (unpaired) electrons. The molecule has 7 nitrogen and oxygen atoms in total. The van der Waals surface area contributed by atoms with Gasteiger partial charge in [-0.3, -0.25) is 9.98 Å².